The highest BCUT2D eigenvalue weighted by Crippen LogP contribution is 2.25. The molecule has 0 bridgehead atoms. The number of carbonyl (C=O) groups excluding carboxylic acids is 2. The number of rotatable bonds is 1. The van der Waals surface area contributed by atoms with Gasteiger partial charge in [-0.3, -0.25) is 4.90 Å². The number of nitrogens with zero attached hydrogens (tertiary/aromatic N) is 1. The molecule has 0 spiro atoms. The van der Waals surface area contributed by atoms with Crippen molar-refractivity contribution in [3.05, 3.63) is 0 Å². The molecule has 0 aliphatic carbocycles. The first-order valence-electron chi connectivity index (χ1n) is 5.84. The van der Waals surface area contributed by atoms with Crippen LogP contribution in [0.25, 0.3) is 0 Å². The summed E-state index contributed by atoms with van der Waals surface area (Å²) in [6, 6.07) is -0.398. The largest absolute Gasteiger partial charge is 0.506 e. The third-order valence-electron chi connectivity index (χ3n) is 2.63. The van der Waals surface area contributed by atoms with Crippen molar-refractivity contribution in [3.63, 3.8) is 0 Å². The maximum Gasteiger partial charge on any atom is 0.506 e. The molecule has 0 aromatic rings. The third kappa shape index (κ3) is 3.61. The van der Waals surface area contributed by atoms with Crippen LogP contribution in [-0.2, 0) is 9.47 Å². The second kappa shape index (κ2) is 4.94. The predicted octanol–water partition coefficient (Wildman–Crippen LogP) is 1.78. The molecule has 0 radical (unpaired) electrons. The Bertz CT molecular complexity index is 308. The van der Waals surface area contributed by atoms with Crippen LogP contribution in [-0.4, -0.2) is 47.1 Å². The Morgan fingerprint density at radius 3 is 2.47 bits per heavy atom. The summed E-state index contributed by atoms with van der Waals surface area (Å²) in [5.74, 6) is 0.199. The van der Waals surface area contributed by atoms with Crippen LogP contribution in [0.3, 0.4) is 0 Å². The fourth-order valence-electron chi connectivity index (χ4n) is 1.94. The number of carbonyl (C=O) groups is 1. The Labute approximate surface area is 102 Å². The normalized spacial score (nSPS) is 24.6. The highest BCUT2D eigenvalue weighted by molar-refractivity contribution is 5.82. The summed E-state index contributed by atoms with van der Waals surface area (Å²) in [4.78, 5) is 23.1. The number of hydrogen-bond donors (Lipinski definition) is 0. The van der Waals surface area contributed by atoms with Gasteiger partial charge in [-0.25, -0.2) is 4.79 Å². The van der Waals surface area contributed by atoms with E-state index >= 15 is 0 Å². The van der Waals surface area contributed by atoms with Gasteiger partial charge in [-0.1, -0.05) is 6.92 Å². The molecule has 1 N–H and O–H groups in total. The van der Waals surface area contributed by atoms with Gasteiger partial charge in [0.25, 0.3) is 0 Å². The lowest BCUT2D eigenvalue weighted by Crippen LogP contribution is -2.44. The van der Waals surface area contributed by atoms with Crippen molar-refractivity contribution in [3.8, 4) is 0 Å². The zero-order valence-electron chi connectivity index (χ0n) is 11.2. The van der Waals surface area contributed by atoms with E-state index < -0.39 is 17.7 Å². The van der Waals surface area contributed by atoms with Crippen molar-refractivity contribution in [1.29, 1.82) is 0 Å². The first kappa shape index (κ1) is 13.8. The van der Waals surface area contributed by atoms with Gasteiger partial charge in [0.05, 0.1) is 0 Å². The van der Waals surface area contributed by atoms with Crippen molar-refractivity contribution < 1.29 is 19.1 Å². The number of ether oxygens (including phenoxy) is 2. The molecule has 0 aromatic heterocycles. The molecule has 17 heavy (non-hydrogen) atoms. The summed E-state index contributed by atoms with van der Waals surface area (Å²) < 4.78 is 10.1. The number of amides is 1. The van der Waals surface area contributed by atoms with Crippen LogP contribution in [0.2, 0.25) is 0 Å². The van der Waals surface area contributed by atoms with Crippen molar-refractivity contribution in [2.24, 2.45) is 5.92 Å². The lowest BCUT2D eigenvalue weighted by atomic mass is 10.1. The predicted molar refractivity (Wildman–Crippen MR) is 64.5 cm³/mol. The maximum atomic E-state index is 12.0. The SMILES string of the molecule is COC(=[OH+])[C@@H]1C[C@@H](C)CN1C(=O)OC(C)(C)C. The topological polar surface area (TPSA) is 60.2 Å². The highest BCUT2D eigenvalue weighted by atomic mass is 16.6. The van der Waals surface area contributed by atoms with Crippen LogP contribution in [0.4, 0.5) is 4.79 Å². The number of hydrogen-bond acceptors (Lipinski definition) is 3. The lowest BCUT2D eigenvalue weighted by molar-refractivity contribution is 0.0243. The molecule has 2 atom stereocenters. The summed E-state index contributed by atoms with van der Waals surface area (Å²) in [6.45, 7) is 8.06. The van der Waals surface area contributed by atoms with Crippen LogP contribution in [0, 0.1) is 5.92 Å². The van der Waals surface area contributed by atoms with E-state index in [1.807, 2.05) is 27.7 Å². The van der Waals surface area contributed by atoms with Crippen molar-refractivity contribution in [2.45, 2.75) is 45.8 Å². The fraction of sp³-hybridized carbons (Fsp3) is 0.833. The third-order valence-corrected chi connectivity index (χ3v) is 2.63. The smallest absolute Gasteiger partial charge is 0.444 e. The Kier molecular flexibility index (Phi) is 4.01. The molecule has 1 amide bonds. The summed E-state index contributed by atoms with van der Waals surface area (Å²) in [5.41, 5.74) is -0.532. The van der Waals surface area contributed by atoms with Crippen molar-refractivity contribution in [1.82, 2.24) is 4.90 Å². The first-order chi connectivity index (χ1) is 7.74. The van der Waals surface area contributed by atoms with Gasteiger partial charge in [-0.15, -0.1) is 0 Å². The quantitative estimate of drug-likeness (QED) is 0.522. The minimum absolute atomic E-state index is 0.125. The van der Waals surface area contributed by atoms with Crippen LogP contribution in [0.1, 0.15) is 34.1 Å². The zero-order chi connectivity index (χ0) is 13.2. The summed E-state index contributed by atoms with van der Waals surface area (Å²) in [6.07, 6.45) is 0.286. The molecular weight excluding hydrogens is 222 g/mol. The number of esters is 1. The summed E-state index contributed by atoms with van der Waals surface area (Å²) in [7, 11) is 1.39. The Balaban J connectivity index is 2.73. The minimum Gasteiger partial charge on any atom is -0.444 e. The molecule has 0 aromatic carbocycles. The monoisotopic (exact) mass is 244 g/mol. The highest BCUT2D eigenvalue weighted by Gasteiger charge is 2.44. The first-order valence-corrected chi connectivity index (χ1v) is 5.84. The van der Waals surface area contributed by atoms with Gasteiger partial charge in [0.1, 0.15) is 5.60 Å². The molecule has 1 heterocycles. The van der Waals surface area contributed by atoms with Crippen LogP contribution >= 0.6 is 0 Å². The molecule has 98 valence electrons. The molecule has 1 rings (SSSR count). The van der Waals surface area contributed by atoms with Crippen molar-refractivity contribution >= 4 is 12.1 Å². The number of likely N-dealkylation sites (tertiary alicyclic amines) is 1. The van der Waals surface area contributed by atoms with E-state index in [-0.39, 0.29) is 5.97 Å². The van der Waals surface area contributed by atoms with Gasteiger partial charge >= 0.3 is 12.1 Å². The molecule has 1 aliphatic rings. The van der Waals surface area contributed by atoms with E-state index in [9.17, 15) is 9.59 Å². The second-order valence-electron chi connectivity index (χ2n) is 5.53. The van der Waals surface area contributed by atoms with E-state index in [2.05, 4.69) is 0 Å². The summed E-state index contributed by atoms with van der Waals surface area (Å²) in [5, 5.41) is 0. The fourth-order valence-corrected chi connectivity index (χ4v) is 1.94. The van der Waals surface area contributed by atoms with E-state index in [0.29, 0.717) is 18.9 Å². The Hall–Kier alpha value is -1.26. The van der Waals surface area contributed by atoms with Gasteiger partial charge in [0.15, 0.2) is 13.2 Å². The molecule has 5 nitrogen and oxygen atoms in total. The second-order valence-corrected chi connectivity index (χ2v) is 5.53. The van der Waals surface area contributed by atoms with Gasteiger partial charge < -0.3 is 14.3 Å². The molecule has 1 fully saturated rings. The molecule has 1 saturated heterocycles. The van der Waals surface area contributed by atoms with Gasteiger partial charge in [-0.05, 0) is 33.1 Å². The molecular formula is C12H22NO4+. The average molecular weight is 244 g/mol. The lowest BCUT2D eigenvalue weighted by Gasteiger charge is -2.26. The Morgan fingerprint density at radius 2 is 2.00 bits per heavy atom. The van der Waals surface area contributed by atoms with Gasteiger partial charge in [-0.2, -0.15) is 0 Å². The van der Waals surface area contributed by atoms with Crippen LogP contribution in [0.15, 0.2) is 0 Å². The average Bonchev–Trinajstić information content (AvgIpc) is 2.56. The van der Waals surface area contributed by atoms with E-state index in [0.717, 1.165) is 0 Å². The van der Waals surface area contributed by atoms with Crippen molar-refractivity contribution in [2.75, 3.05) is 13.7 Å². The van der Waals surface area contributed by atoms with Gasteiger partial charge in [0.2, 0.25) is 0 Å². The van der Waals surface area contributed by atoms with Crippen LogP contribution < -0.4 is 0 Å². The Morgan fingerprint density at radius 1 is 1.41 bits per heavy atom. The molecule has 1 aliphatic heterocycles. The molecule has 0 unspecified atom stereocenters. The summed E-state index contributed by atoms with van der Waals surface area (Å²) >= 11 is 0. The standard InChI is InChI=1S/C12H21NO4/c1-8-6-9(10(14)16-5)13(7-8)11(15)17-12(2,3)4/h8-9H,6-7H2,1-5H3/p+1/t8-,9+/m1/s1. The van der Waals surface area contributed by atoms with Crippen LogP contribution in [0.5, 0.6) is 0 Å². The van der Waals surface area contributed by atoms with E-state index in [1.165, 1.54) is 12.0 Å². The minimum atomic E-state index is -0.532. The van der Waals surface area contributed by atoms with Gasteiger partial charge in [0, 0.05) is 6.54 Å². The number of methoxy groups -OCH3 is 1. The molecule has 0 saturated carbocycles. The van der Waals surface area contributed by atoms with E-state index in [4.69, 9.17) is 9.47 Å². The maximum absolute atomic E-state index is 12.0. The zero-order valence-corrected chi connectivity index (χ0v) is 11.2. The molecule has 5 heteroatoms. The van der Waals surface area contributed by atoms with E-state index in [1.54, 1.807) is 0 Å².